The number of nitrogens with one attached hydrogen (secondary N) is 1. The van der Waals surface area contributed by atoms with E-state index >= 15 is 0 Å². The van der Waals surface area contributed by atoms with Crippen LogP contribution >= 0.6 is 0 Å². The van der Waals surface area contributed by atoms with Crippen molar-refractivity contribution in [3.63, 3.8) is 0 Å². The zero-order valence-corrected chi connectivity index (χ0v) is 18.3. The molecule has 28 heavy (non-hydrogen) atoms. The average Bonchev–Trinajstić information content (AvgIpc) is 2.59. The number of nitrogens with two attached hydrogens (primary N) is 1. The van der Waals surface area contributed by atoms with E-state index in [1.54, 1.807) is 32.7 Å². The van der Waals surface area contributed by atoms with Crippen LogP contribution in [0.2, 0.25) is 0 Å². The van der Waals surface area contributed by atoms with Crippen LogP contribution in [0.3, 0.4) is 0 Å². The van der Waals surface area contributed by atoms with Crippen LogP contribution in [0.4, 0.5) is 4.79 Å². The first-order valence-corrected chi connectivity index (χ1v) is 10.2. The summed E-state index contributed by atoms with van der Waals surface area (Å²) in [5, 5.41) is 6.60. The molecule has 3 N–H and O–H groups in total. The second-order valence-electron chi connectivity index (χ2n) is 8.91. The monoisotopic (exact) mass is 398 g/mol. The third-order valence-corrected chi connectivity index (χ3v) is 4.63. The van der Waals surface area contributed by atoms with Gasteiger partial charge in [0.1, 0.15) is 5.60 Å². The number of ether oxygens (including phenoxy) is 1. The number of oxime groups is 1. The standard InChI is InChI=1S/C20H38N4O4/c1-14(2)12-16(22-19(26)28-20(3,4)5)18(21)23-27-13-17(25)24(6)15-10-8-7-9-11-15/h14-16H,7-13H2,1-6H3,(H2,21,23)(H,22,26). The molecule has 0 radical (unpaired) electrons. The van der Waals surface area contributed by atoms with Crippen molar-refractivity contribution in [1.29, 1.82) is 0 Å². The van der Waals surface area contributed by atoms with Crippen LogP contribution < -0.4 is 11.1 Å². The van der Waals surface area contributed by atoms with Crippen LogP contribution in [-0.2, 0) is 14.4 Å². The van der Waals surface area contributed by atoms with E-state index in [1.807, 2.05) is 13.8 Å². The van der Waals surface area contributed by atoms with Gasteiger partial charge in [-0.15, -0.1) is 0 Å². The summed E-state index contributed by atoms with van der Waals surface area (Å²) in [5.41, 5.74) is 5.41. The number of carbonyl (C=O) groups is 2. The molecule has 0 saturated heterocycles. The predicted molar refractivity (Wildman–Crippen MR) is 110 cm³/mol. The minimum absolute atomic E-state index is 0.118. The molecule has 1 aliphatic carbocycles. The Kier molecular flexibility index (Phi) is 9.55. The Morgan fingerprint density at radius 1 is 1.21 bits per heavy atom. The molecule has 1 fully saturated rings. The topological polar surface area (TPSA) is 106 Å². The molecule has 0 spiro atoms. The molecule has 1 atom stereocenters. The minimum atomic E-state index is -0.606. The van der Waals surface area contributed by atoms with Gasteiger partial charge >= 0.3 is 6.09 Å². The number of alkyl carbamates (subject to hydrolysis) is 1. The summed E-state index contributed by atoms with van der Waals surface area (Å²) in [7, 11) is 1.81. The van der Waals surface area contributed by atoms with E-state index in [0.29, 0.717) is 6.42 Å². The highest BCUT2D eigenvalue weighted by Crippen LogP contribution is 2.21. The molecular weight excluding hydrogens is 360 g/mol. The van der Waals surface area contributed by atoms with E-state index in [9.17, 15) is 9.59 Å². The maximum Gasteiger partial charge on any atom is 0.408 e. The van der Waals surface area contributed by atoms with Gasteiger partial charge in [0.15, 0.2) is 12.4 Å². The summed E-state index contributed by atoms with van der Waals surface area (Å²) in [4.78, 5) is 31.3. The lowest BCUT2D eigenvalue weighted by Crippen LogP contribution is -2.47. The maximum atomic E-state index is 12.3. The Bertz CT molecular complexity index is 537. The van der Waals surface area contributed by atoms with Crippen molar-refractivity contribution in [2.45, 2.75) is 90.8 Å². The molecular formula is C20H38N4O4. The fourth-order valence-electron chi connectivity index (χ4n) is 3.17. The van der Waals surface area contributed by atoms with Gasteiger partial charge in [0.2, 0.25) is 0 Å². The molecule has 0 aliphatic heterocycles. The third kappa shape index (κ3) is 9.28. The Hall–Kier alpha value is -1.99. The van der Waals surface area contributed by atoms with E-state index in [2.05, 4.69) is 10.5 Å². The van der Waals surface area contributed by atoms with Crippen molar-refractivity contribution in [2.75, 3.05) is 13.7 Å². The first-order chi connectivity index (χ1) is 13.0. The molecule has 2 amide bonds. The van der Waals surface area contributed by atoms with Gasteiger partial charge < -0.3 is 25.5 Å². The first-order valence-electron chi connectivity index (χ1n) is 10.2. The molecule has 0 aromatic heterocycles. The van der Waals surface area contributed by atoms with Crippen LogP contribution in [0, 0.1) is 5.92 Å². The quantitative estimate of drug-likeness (QED) is 0.371. The molecule has 8 heteroatoms. The third-order valence-electron chi connectivity index (χ3n) is 4.63. The summed E-state index contributed by atoms with van der Waals surface area (Å²) in [5.74, 6) is 0.268. The fourth-order valence-corrected chi connectivity index (χ4v) is 3.17. The van der Waals surface area contributed by atoms with Gasteiger partial charge in [-0.2, -0.15) is 0 Å². The molecule has 1 saturated carbocycles. The largest absolute Gasteiger partial charge is 0.444 e. The van der Waals surface area contributed by atoms with E-state index in [1.165, 1.54) is 6.42 Å². The lowest BCUT2D eigenvalue weighted by molar-refractivity contribution is -0.137. The molecule has 0 heterocycles. The Labute approximate surface area is 169 Å². The summed E-state index contributed by atoms with van der Waals surface area (Å²) >= 11 is 0. The van der Waals surface area contributed by atoms with Crippen molar-refractivity contribution >= 4 is 17.8 Å². The van der Waals surface area contributed by atoms with Crippen LogP contribution in [0.1, 0.15) is 73.1 Å². The maximum absolute atomic E-state index is 12.3. The molecule has 0 aromatic rings. The van der Waals surface area contributed by atoms with E-state index in [-0.39, 0.29) is 30.3 Å². The smallest absolute Gasteiger partial charge is 0.408 e. The highest BCUT2D eigenvalue weighted by atomic mass is 16.6. The zero-order valence-electron chi connectivity index (χ0n) is 18.3. The number of amidine groups is 1. The number of hydrogen-bond donors (Lipinski definition) is 2. The number of amides is 2. The van der Waals surface area contributed by atoms with Crippen molar-refractivity contribution in [3.05, 3.63) is 0 Å². The molecule has 1 rings (SSSR count). The first kappa shape index (κ1) is 24.0. The van der Waals surface area contributed by atoms with Gasteiger partial charge in [-0.25, -0.2) is 4.79 Å². The predicted octanol–water partition coefficient (Wildman–Crippen LogP) is 3.01. The normalized spacial score (nSPS) is 17.2. The SMILES string of the molecule is CC(C)CC(NC(=O)OC(C)(C)C)C(N)=NOCC(=O)N(C)C1CCCCC1. The van der Waals surface area contributed by atoms with Crippen LogP contribution in [0.25, 0.3) is 0 Å². The molecule has 1 unspecified atom stereocenters. The van der Waals surface area contributed by atoms with Gasteiger partial charge in [-0.05, 0) is 46.0 Å². The van der Waals surface area contributed by atoms with E-state index < -0.39 is 17.7 Å². The van der Waals surface area contributed by atoms with Gasteiger partial charge in [0.05, 0.1) is 6.04 Å². The van der Waals surface area contributed by atoms with Gasteiger partial charge in [0.25, 0.3) is 5.91 Å². The number of hydrogen-bond acceptors (Lipinski definition) is 5. The van der Waals surface area contributed by atoms with Crippen LogP contribution in [0.5, 0.6) is 0 Å². The average molecular weight is 399 g/mol. The zero-order chi connectivity index (χ0) is 21.3. The van der Waals surface area contributed by atoms with E-state index in [0.717, 1.165) is 25.7 Å². The second-order valence-corrected chi connectivity index (χ2v) is 8.91. The van der Waals surface area contributed by atoms with Crippen LogP contribution in [0.15, 0.2) is 5.16 Å². The number of carbonyl (C=O) groups excluding carboxylic acids is 2. The van der Waals surface area contributed by atoms with Gasteiger partial charge in [-0.1, -0.05) is 38.3 Å². The molecule has 0 aromatic carbocycles. The number of likely N-dealkylation sites (N-methyl/N-ethyl adjacent to an activating group) is 1. The van der Waals surface area contributed by atoms with Crippen molar-refractivity contribution in [2.24, 2.45) is 16.8 Å². The lowest BCUT2D eigenvalue weighted by atomic mass is 9.94. The lowest BCUT2D eigenvalue weighted by Gasteiger charge is -2.30. The number of rotatable bonds is 8. The van der Waals surface area contributed by atoms with Crippen molar-refractivity contribution in [1.82, 2.24) is 10.2 Å². The number of nitrogens with zero attached hydrogens (tertiary/aromatic N) is 2. The van der Waals surface area contributed by atoms with Crippen LogP contribution in [-0.4, -0.2) is 54.1 Å². The molecule has 162 valence electrons. The van der Waals surface area contributed by atoms with Gasteiger partial charge in [-0.3, -0.25) is 4.79 Å². The van der Waals surface area contributed by atoms with E-state index in [4.69, 9.17) is 15.3 Å². The molecule has 0 bridgehead atoms. The summed E-state index contributed by atoms with van der Waals surface area (Å²) in [6.45, 7) is 9.23. The minimum Gasteiger partial charge on any atom is -0.444 e. The molecule has 1 aliphatic rings. The Morgan fingerprint density at radius 2 is 1.82 bits per heavy atom. The Balaban J connectivity index is 2.59. The summed E-state index contributed by atoms with van der Waals surface area (Å²) in [6.07, 6.45) is 5.62. The fraction of sp³-hybridized carbons (Fsp3) is 0.850. The highest BCUT2D eigenvalue weighted by molar-refractivity contribution is 5.88. The summed E-state index contributed by atoms with van der Waals surface area (Å²) < 4.78 is 5.28. The second kappa shape index (κ2) is 11.1. The molecule has 8 nitrogen and oxygen atoms in total. The van der Waals surface area contributed by atoms with Crippen molar-refractivity contribution < 1.29 is 19.2 Å². The highest BCUT2D eigenvalue weighted by Gasteiger charge is 2.24. The van der Waals surface area contributed by atoms with Gasteiger partial charge in [0, 0.05) is 13.1 Å². The Morgan fingerprint density at radius 3 is 2.36 bits per heavy atom. The summed E-state index contributed by atoms with van der Waals surface area (Å²) in [6, 6.07) is -0.255. The van der Waals surface area contributed by atoms with Crippen molar-refractivity contribution in [3.8, 4) is 0 Å².